The normalized spacial score (nSPS) is 11.2. The van der Waals surface area contributed by atoms with E-state index in [1.165, 1.54) is 14.0 Å². The van der Waals surface area contributed by atoms with Crippen LogP contribution >= 0.6 is 0 Å². The molecular weight excluding hydrogens is 370 g/mol. The van der Waals surface area contributed by atoms with Gasteiger partial charge in [-0.3, -0.25) is 4.79 Å². The molecule has 0 unspecified atom stereocenters. The minimum atomic E-state index is -1.02. The number of ether oxygens (including phenoxy) is 3. The number of carbonyl (C=O) groups excluding carboxylic acids is 2. The van der Waals surface area contributed by atoms with Crippen molar-refractivity contribution in [3.8, 4) is 17.2 Å². The van der Waals surface area contributed by atoms with Crippen molar-refractivity contribution in [3.05, 3.63) is 84.4 Å². The first-order valence-electron chi connectivity index (χ1n) is 9.05. The van der Waals surface area contributed by atoms with E-state index >= 15 is 0 Å². The van der Waals surface area contributed by atoms with Crippen molar-refractivity contribution in [2.45, 2.75) is 13.0 Å². The minimum Gasteiger partial charge on any atom is -0.495 e. The number of nitrogens with one attached hydrogen (secondary N) is 1. The van der Waals surface area contributed by atoms with Crippen LogP contribution in [-0.4, -0.2) is 25.1 Å². The van der Waals surface area contributed by atoms with Gasteiger partial charge in [-0.25, -0.2) is 4.79 Å². The van der Waals surface area contributed by atoms with E-state index in [2.05, 4.69) is 5.32 Å². The van der Waals surface area contributed by atoms with Gasteiger partial charge in [-0.1, -0.05) is 42.5 Å². The summed E-state index contributed by atoms with van der Waals surface area (Å²) in [6.45, 7) is 1.50. The standard InChI is InChI=1S/C23H21NO5/c1-16(22(25)24-19-13-7-9-15-21(19)27-2)28-23(26)18-12-6-8-14-20(18)29-17-10-4-3-5-11-17/h3-16H,1-2H3,(H,24,25)/t16-/m0/s1. The van der Waals surface area contributed by atoms with Gasteiger partial charge in [-0.2, -0.15) is 0 Å². The van der Waals surface area contributed by atoms with Crippen LogP contribution in [0.5, 0.6) is 17.2 Å². The highest BCUT2D eigenvalue weighted by atomic mass is 16.5. The first-order valence-corrected chi connectivity index (χ1v) is 9.05. The molecule has 1 N–H and O–H groups in total. The van der Waals surface area contributed by atoms with E-state index in [-0.39, 0.29) is 5.56 Å². The fraction of sp³-hybridized carbons (Fsp3) is 0.130. The summed E-state index contributed by atoms with van der Waals surface area (Å²) in [7, 11) is 1.51. The second-order valence-corrected chi connectivity index (χ2v) is 6.15. The molecule has 6 nitrogen and oxygen atoms in total. The molecule has 1 amide bonds. The van der Waals surface area contributed by atoms with Crippen molar-refractivity contribution >= 4 is 17.6 Å². The second-order valence-electron chi connectivity index (χ2n) is 6.15. The van der Waals surface area contributed by atoms with Crippen LogP contribution in [0.15, 0.2) is 78.9 Å². The maximum Gasteiger partial charge on any atom is 0.342 e. The molecule has 0 aromatic heterocycles. The molecule has 0 spiro atoms. The van der Waals surface area contributed by atoms with E-state index in [0.29, 0.717) is 22.9 Å². The predicted molar refractivity (Wildman–Crippen MR) is 109 cm³/mol. The Balaban J connectivity index is 1.69. The summed E-state index contributed by atoms with van der Waals surface area (Å²) in [6, 6.07) is 22.8. The number of methoxy groups -OCH3 is 1. The number of anilines is 1. The van der Waals surface area contributed by atoms with Gasteiger partial charge in [0.25, 0.3) is 5.91 Å². The molecule has 0 fully saturated rings. The van der Waals surface area contributed by atoms with Crippen LogP contribution in [0, 0.1) is 0 Å². The summed E-state index contributed by atoms with van der Waals surface area (Å²) >= 11 is 0. The summed E-state index contributed by atoms with van der Waals surface area (Å²) in [5.41, 5.74) is 0.726. The quantitative estimate of drug-likeness (QED) is 0.593. The summed E-state index contributed by atoms with van der Waals surface area (Å²) in [5, 5.41) is 2.70. The van der Waals surface area contributed by atoms with Crippen LogP contribution < -0.4 is 14.8 Å². The highest BCUT2D eigenvalue weighted by Gasteiger charge is 2.22. The van der Waals surface area contributed by atoms with Gasteiger partial charge in [-0.15, -0.1) is 0 Å². The van der Waals surface area contributed by atoms with Crippen LogP contribution in [0.4, 0.5) is 5.69 Å². The minimum absolute atomic E-state index is 0.230. The third-order valence-corrected chi connectivity index (χ3v) is 4.10. The molecule has 0 aliphatic heterocycles. The number of hydrogen-bond acceptors (Lipinski definition) is 5. The van der Waals surface area contributed by atoms with E-state index in [4.69, 9.17) is 14.2 Å². The number of para-hydroxylation sites is 4. The first kappa shape index (κ1) is 19.9. The van der Waals surface area contributed by atoms with E-state index in [1.54, 1.807) is 60.7 Å². The molecule has 0 radical (unpaired) electrons. The van der Waals surface area contributed by atoms with Crippen molar-refractivity contribution in [1.82, 2.24) is 0 Å². The molecule has 6 heteroatoms. The lowest BCUT2D eigenvalue weighted by Gasteiger charge is -2.16. The maximum atomic E-state index is 12.6. The maximum absolute atomic E-state index is 12.6. The van der Waals surface area contributed by atoms with E-state index in [0.717, 1.165) is 0 Å². The zero-order chi connectivity index (χ0) is 20.6. The third-order valence-electron chi connectivity index (χ3n) is 4.10. The lowest BCUT2D eigenvalue weighted by Crippen LogP contribution is -2.30. The molecule has 0 saturated carbocycles. The average Bonchev–Trinajstić information content (AvgIpc) is 2.75. The zero-order valence-electron chi connectivity index (χ0n) is 16.1. The lowest BCUT2D eigenvalue weighted by atomic mass is 10.2. The van der Waals surface area contributed by atoms with Crippen molar-refractivity contribution < 1.29 is 23.8 Å². The molecule has 0 saturated heterocycles. The Hall–Kier alpha value is -3.80. The molecule has 3 rings (SSSR count). The van der Waals surface area contributed by atoms with E-state index in [1.807, 2.05) is 18.2 Å². The second kappa shape index (κ2) is 9.41. The molecule has 1 atom stereocenters. The Morgan fingerprint density at radius 2 is 1.45 bits per heavy atom. The Morgan fingerprint density at radius 1 is 0.828 bits per heavy atom. The monoisotopic (exact) mass is 391 g/mol. The highest BCUT2D eigenvalue weighted by molar-refractivity contribution is 5.99. The number of hydrogen-bond donors (Lipinski definition) is 1. The SMILES string of the molecule is COc1ccccc1NC(=O)[C@H](C)OC(=O)c1ccccc1Oc1ccccc1. The summed E-state index contributed by atoms with van der Waals surface area (Å²) in [5.74, 6) is 0.334. The molecule has 3 aromatic carbocycles. The van der Waals surface area contributed by atoms with Gasteiger partial charge in [0.05, 0.1) is 12.8 Å². The number of benzene rings is 3. The Bertz CT molecular complexity index is 987. The van der Waals surface area contributed by atoms with Crippen molar-refractivity contribution in [3.63, 3.8) is 0 Å². The highest BCUT2D eigenvalue weighted by Crippen LogP contribution is 2.26. The Kier molecular flexibility index (Phi) is 6.47. The van der Waals surface area contributed by atoms with Crippen LogP contribution in [0.25, 0.3) is 0 Å². The largest absolute Gasteiger partial charge is 0.495 e. The van der Waals surface area contributed by atoms with Gasteiger partial charge in [0, 0.05) is 0 Å². The van der Waals surface area contributed by atoms with Gasteiger partial charge >= 0.3 is 5.97 Å². The van der Waals surface area contributed by atoms with Gasteiger partial charge in [0.15, 0.2) is 6.10 Å². The first-order chi connectivity index (χ1) is 14.1. The number of carbonyl (C=O) groups is 2. The van der Waals surface area contributed by atoms with Crippen LogP contribution in [0.2, 0.25) is 0 Å². The van der Waals surface area contributed by atoms with Gasteiger partial charge in [0.1, 0.15) is 22.8 Å². The van der Waals surface area contributed by atoms with Gasteiger partial charge in [-0.05, 0) is 43.3 Å². The fourth-order valence-electron chi connectivity index (χ4n) is 2.60. The summed E-state index contributed by atoms with van der Waals surface area (Å²) < 4.78 is 16.3. The summed E-state index contributed by atoms with van der Waals surface area (Å²) in [6.07, 6.45) is -1.02. The number of amides is 1. The van der Waals surface area contributed by atoms with Crippen LogP contribution in [0.3, 0.4) is 0 Å². The number of esters is 1. The molecule has 0 aliphatic rings. The Morgan fingerprint density at radius 3 is 2.17 bits per heavy atom. The molecule has 0 heterocycles. The van der Waals surface area contributed by atoms with E-state index < -0.39 is 18.0 Å². The van der Waals surface area contributed by atoms with Crippen molar-refractivity contribution in [2.24, 2.45) is 0 Å². The van der Waals surface area contributed by atoms with Crippen molar-refractivity contribution in [2.75, 3.05) is 12.4 Å². The van der Waals surface area contributed by atoms with Crippen LogP contribution in [0.1, 0.15) is 17.3 Å². The van der Waals surface area contributed by atoms with E-state index in [9.17, 15) is 9.59 Å². The van der Waals surface area contributed by atoms with Gasteiger partial charge in [0.2, 0.25) is 0 Å². The Labute approximate surface area is 169 Å². The fourth-order valence-corrected chi connectivity index (χ4v) is 2.60. The lowest BCUT2D eigenvalue weighted by molar-refractivity contribution is -0.123. The molecular formula is C23H21NO5. The van der Waals surface area contributed by atoms with Crippen molar-refractivity contribution in [1.29, 1.82) is 0 Å². The smallest absolute Gasteiger partial charge is 0.342 e. The predicted octanol–water partition coefficient (Wildman–Crippen LogP) is 4.67. The van der Waals surface area contributed by atoms with Crippen LogP contribution in [-0.2, 0) is 9.53 Å². The average molecular weight is 391 g/mol. The number of rotatable bonds is 7. The molecule has 29 heavy (non-hydrogen) atoms. The molecule has 3 aromatic rings. The molecule has 0 aliphatic carbocycles. The molecule has 148 valence electrons. The van der Waals surface area contributed by atoms with Gasteiger partial charge < -0.3 is 19.5 Å². The third kappa shape index (κ3) is 5.13. The topological polar surface area (TPSA) is 73.9 Å². The summed E-state index contributed by atoms with van der Waals surface area (Å²) in [4.78, 5) is 25.1. The zero-order valence-corrected chi connectivity index (χ0v) is 16.1. The molecule has 0 bridgehead atoms.